The molecule has 0 aliphatic carbocycles. The number of nitrogens with one attached hydrogen (secondary N) is 2. The van der Waals surface area contributed by atoms with E-state index in [-0.39, 0.29) is 23.8 Å². The van der Waals surface area contributed by atoms with E-state index in [2.05, 4.69) is 41.0 Å². The standard InChI is InChI=1S/2C23H20F3N5O2/c2*24-23(25,26)18-6-7-21(27-15-18)33-19-4-1-3-17(14-19)13-16-8-11-31(12-9-16)22(32)29-20-5-2-10-28-30-20/h2*1-7,10,13-15H,8-9,11-12H2,(H,29,30,32). The van der Waals surface area contributed by atoms with E-state index in [1.165, 1.54) is 35.7 Å². The predicted molar refractivity (Wildman–Crippen MR) is 231 cm³/mol. The van der Waals surface area contributed by atoms with Crippen molar-refractivity contribution in [2.24, 2.45) is 0 Å². The van der Waals surface area contributed by atoms with Gasteiger partial charge in [-0.2, -0.15) is 36.5 Å². The van der Waals surface area contributed by atoms with Crippen LogP contribution in [0.25, 0.3) is 12.2 Å². The Morgan fingerprint density at radius 3 is 1.29 bits per heavy atom. The summed E-state index contributed by atoms with van der Waals surface area (Å²) in [6, 6.07) is 25.0. The first-order valence-electron chi connectivity index (χ1n) is 20.4. The molecule has 0 saturated carbocycles. The zero-order valence-corrected chi connectivity index (χ0v) is 34.8. The molecule has 0 atom stereocenters. The van der Waals surface area contributed by atoms with E-state index >= 15 is 0 Å². The van der Waals surface area contributed by atoms with Gasteiger partial charge in [0.15, 0.2) is 11.6 Å². The van der Waals surface area contributed by atoms with Crippen molar-refractivity contribution in [1.82, 2.24) is 40.2 Å². The summed E-state index contributed by atoms with van der Waals surface area (Å²) in [5.41, 5.74) is 2.50. The Labute approximate surface area is 374 Å². The van der Waals surface area contributed by atoms with Crippen LogP contribution in [0.3, 0.4) is 0 Å². The van der Waals surface area contributed by atoms with Gasteiger partial charge in [0.25, 0.3) is 0 Å². The van der Waals surface area contributed by atoms with Gasteiger partial charge in [0.05, 0.1) is 11.1 Å². The minimum absolute atomic E-state index is 0.0789. The highest BCUT2D eigenvalue weighted by Crippen LogP contribution is 2.32. The van der Waals surface area contributed by atoms with E-state index < -0.39 is 23.5 Å². The van der Waals surface area contributed by atoms with Crippen molar-refractivity contribution >= 4 is 35.8 Å². The van der Waals surface area contributed by atoms with Gasteiger partial charge in [0.1, 0.15) is 11.5 Å². The lowest BCUT2D eigenvalue weighted by Gasteiger charge is -2.28. The molecule has 340 valence electrons. The SMILES string of the molecule is O=C(Nc1cccnn1)N1CCC(=Cc2cccc(Oc3ccc(C(F)(F)F)cn3)c2)CC1.O=C(Nc1cccnn1)N1CCC(=Cc2cccc(Oc3ccc(C(F)(F)F)cn3)c2)CC1. The molecule has 2 aliphatic rings. The summed E-state index contributed by atoms with van der Waals surface area (Å²) in [7, 11) is 0. The second-order valence-corrected chi connectivity index (χ2v) is 14.8. The van der Waals surface area contributed by atoms with Crippen LogP contribution < -0.4 is 20.1 Å². The van der Waals surface area contributed by atoms with E-state index in [1.807, 2.05) is 24.3 Å². The summed E-state index contributed by atoms with van der Waals surface area (Å²) in [5, 5.41) is 20.6. The molecule has 66 heavy (non-hydrogen) atoms. The van der Waals surface area contributed by atoms with Crippen molar-refractivity contribution in [3.63, 3.8) is 0 Å². The fourth-order valence-electron chi connectivity index (χ4n) is 6.66. The highest BCUT2D eigenvalue weighted by Gasteiger charge is 2.31. The van der Waals surface area contributed by atoms with Crippen LogP contribution in [0, 0.1) is 0 Å². The second kappa shape index (κ2) is 21.2. The van der Waals surface area contributed by atoms with Crippen LogP contribution >= 0.6 is 0 Å². The van der Waals surface area contributed by atoms with Crippen LogP contribution in [0.2, 0.25) is 0 Å². The number of hydrogen-bond donors (Lipinski definition) is 2. The zero-order chi connectivity index (χ0) is 46.5. The molecular weight excluding hydrogens is 871 g/mol. The minimum atomic E-state index is -4.44. The number of urea groups is 2. The Bertz CT molecular complexity index is 2430. The molecule has 0 radical (unpaired) electrons. The molecule has 2 aromatic carbocycles. The van der Waals surface area contributed by atoms with E-state index in [0.717, 1.165) is 61.3 Å². The molecule has 0 unspecified atom stereocenters. The predicted octanol–water partition coefficient (Wildman–Crippen LogP) is 10.8. The van der Waals surface area contributed by atoms with Crippen molar-refractivity contribution in [2.45, 2.75) is 38.0 Å². The van der Waals surface area contributed by atoms with Gasteiger partial charge in [-0.05, 0) is 97.5 Å². The van der Waals surface area contributed by atoms with Gasteiger partial charge in [-0.3, -0.25) is 10.6 Å². The number of nitrogens with zero attached hydrogens (tertiary/aromatic N) is 8. The van der Waals surface area contributed by atoms with Crippen molar-refractivity contribution in [1.29, 1.82) is 0 Å². The fourth-order valence-corrected chi connectivity index (χ4v) is 6.66. The van der Waals surface area contributed by atoms with Crippen molar-refractivity contribution < 1.29 is 45.4 Å². The maximum atomic E-state index is 12.7. The van der Waals surface area contributed by atoms with Crippen LogP contribution in [0.5, 0.6) is 23.3 Å². The number of carbonyl (C=O) groups is 2. The summed E-state index contributed by atoms with van der Waals surface area (Å²) in [6.45, 7) is 2.29. The van der Waals surface area contributed by atoms with Gasteiger partial charge < -0.3 is 19.3 Å². The number of piperidine rings is 2. The molecule has 4 aromatic heterocycles. The number of halogens is 6. The monoisotopic (exact) mass is 910 g/mol. The quantitative estimate of drug-likeness (QED) is 0.141. The molecular formula is C46H40F6N10O4. The number of pyridine rings is 2. The molecule has 8 rings (SSSR count). The number of aromatic nitrogens is 6. The molecule has 2 fully saturated rings. The van der Waals surface area contributed by atoms with Crippen molar-refractivity contribution in [2.75, 3.05) is 36.8 Å². The third-order valence-electron chi connectivity index (χ3n) is 10.0. The normalized spacial score (nSPS) is 14.0. The molecule has 6 heterocycles. The lowest BCUT2D eigenvalue weighted by molar-refractivity contribution is -0.138. The van der Waals surface area contributed by atoms with Crippen LogP contribution in [-0.2, 0) is 12.4 Å². The van der Waals surface area contributed by atoms with Crippen LogP contribution in [-0.4, -0.2) is 78.4 Å². The number of benzene rings is 2. The van der Waals surface area contributed by atoms with Crippen LogP contribution in [0.4, 0.5) is 47.6 Å². The lowest BCUT2D eigenvalue weighted by atomic mass is 10.0. The zero-order valence-electron chi connectivity index (χ0n) is 34.8. The van der Waals surface area contributed by atoms with Gasteiger partial charge >= 0.3 is 24.4 Å². The first-order valence-corrected chi connectivity index (χ1v) is 20.4. The van der Waals surface area contributed by atoms with E-state index in [1.54, 1.807) is 70.5 Å². The summed E-state index contributed by atoms with van der Waals surface area (Å²) >= 11 is 0. The maximum Gasteiger partial charge on any atom is 0.417 e. The third kappa shape index (κ3) is 13.6. The first-order chi connectivity index (χ1) is 31.7. The van der Waals surface area contributed by atoms with Gasteiger partial charge in [-0.1, -0.05) is 47.6 Å². The summed E-state index contributed by atoms with van der Waals surface area (Å²) < 4.78 is 87.2. The second-order valence-electron chi connectivity index (χ2n) is 14.8. The average Bonchev–Trinajstić information content (AvgIpc) is 3.30. The molecule has 4 amide bonds. The Morgan fingerprint density at radius 2 is 0.955 bits per heavy atom. The smallest absolute Gasteiger partial charge is 0.417 e. The largest absolute Gasteiger partial charge is 0.439 e. The summed E-state index contributed by atoms with van der Waals surface area (Å²) in [6.07, 6.45) is 2.63. The molecule has 0 bridgehead atoms. The number of alkyl halides is 6. The van der Waals surface area contributed by atoms with Crippen molar-refractivity contribution in [3.05, 3.63) is 155 Å². The maximum absolute atomic E-state index is 12.7. The molecule has 2 saturated heterocycles. The summed E-state index contributed by atoms with van der Waals surface area (Å²) in [5.74, 6) is 1.91. The molecule has 2 aliphatic heterocycles. The van der Waals surface area contributed by atoms with Gasteiger partial charge in [0.2, 0.25) is 11.8 Å². The van der Waals surface area contributed by atoms with Crippen LogP contribution in [0.15, 0.2) is 133 Å². The van der Waals surface area contributed by atoms with E-state index in [9.17, 15) is 35.9 Å². The number of carbonyl (C=O) groups excluding carboxylic acids is 2. The molecule has 14 nitrogen and oxygen atoms in total. The molecule has 20 heteroatoms. The van der Waals surface area contributed by atoms with Crippen LogP contribution in [0.1, 0.15) is 47.9 Å². The molecule has 0 spiro atoms. The van der Waals surface area contributed by atoms with E-state index in [0.29, 0.717) is 49.3 Å². The number of anilines is 2. The highest BCUT2D eigenvalue weighted by atomic mass is 19.4. The van der Waals surface area contributed by atoms with Gasteiger partial charge in [0, 0.05) is 63.1 Å². The number of ether oxygens (including phenoxy) is 2. The fraction of sp³-hybridized carbons (Fsp3) is 0.217. The first kappa shape index (κ1) is 46.1. The Balaban J connectivity index is 0.000000196. The number of likely N-dealkylation sites (tertiary alicyclic amines) is 2. The highest BCUT2D eigenvalue weighted by molar-refractivity contribution is 5.89. The molecule has 6 aromatic rings. The summed E-state index contributed by atoms with van der Waals surface area (Å²) in [4.78, 5) is 35.6. The number of amides is 4. The number of hydrogen-bond acceptors (Lipinski definition) is 10. The van der Waals surface area contributed by atoms with Gasteiger partial charge in [-0.15, -0.1) is 10.2 Å². The number of rotatable bonds is 8. The minimum Gasteiger partial charge on any atom is -0.439 e. The average molecular weight is 911 g/mol. The Morgan fingerprint density at radius 1 is 0.545 bits per heavy atom. The third-order valence-corrected chi connectivity index (χ3v) is 10.0. The molecule has 2 N–H and O–H groups in total. The Kier molecular flexibility index (Phi) is 14.8. The topological polar surface area (TPSA) is 160 Å². The van der Waals surface area contributed by atoms with E-state index in [4.69, 9.17) is 9.47 Å². The Hall–Kier alpha value is -7.90. The lowest BCUT2D eigenvalue weighted by Crippen LogP contribution is -2.39. The van der Waals surface area contributed by atoms with Gasteiger partial charge in [-0.25, -0.2) is 19.6 Å². The van der Waals surface area contributed by atoms with Crippen molar-refractivity contribution in [3.8, 4) is 23.3 Å².